The lowest BCUT2D eigenvalue weighted by molar-refractivity contribution is 0.109. The van der Waals surface area contributed by atoms with Crippen LogP contribution in [0, 0.1) is 0 Å². The van der Waals surface area contributed by atoms with Crippen LogP contribution in [-0.2, 0) is 6.54 Å². The minimum absolute atomic E-state index is 0.111. The van der Waals surface area contributed by atoms with Gasteiger partial charge in [0.05, 0.1) is 5.78 Å². The third-order valence-electron chi connectivity index (χ3n) is 7.73. The van der Waals surface area contributed by atoms with E-state index in [9.17, 15) is 0 Å². The fourth-order valence-electron chi connectivity index (χ4n) is 6.06. The average Bonchev–Trinajstić information content (AvgIpc) is 2.83. The molecule has 2 aromatic rings. The van der Waals surface area contributed by atoms with Crippen LogP contribution in [0.4, 0.5) is 0 Å². The lowest BCUT2D eigenvalue weighted by Gasteiger charge is -2.51. The van der Waals surface area contributed by atoms with E-state index < -0.39 is 0 Å². The Morgan fingerprint density at radius 3 is 1.66 bits per heavy atom. The molecule has 0 spiro atoms. The summed E-state index contributed by atoms with van der Waals surface area (Å²) in [5.41, 5.74) is 5.02. The summed E-state index contributed by atoms with van der Waals surface area (Å²) in [5.74, 6) is 0.553. The minimum atomic E-state index is -0.111. The maximum absolute atomic E-state index is 2.90. The summed E-state index contributed by atoms with van der Waals surface area (Å²) in [4.78, 5) is 2.90. The van der Waals surface area contributed by atoms with Crippen LogP contribution in [-0.4, -0.2) is 21.8 Å². The Balaban J connectivity index is 1.78. The fourth-order valence-corrected chi connectivity index (χ4v) is 10.6. The molecule has 2 aliphatic rings. The van der Waals surface area contributed by atoms with Crippen LogP contribution in [0.3, 0.4) is 0 Å². The summed E-state index contributed by atoms with van der Waals surface area (Å²) < 4.78 is 0. The highest BCUT2D eigenvalue weighted by atomic mass is 31.1. The predicted octanol–water partition coefficient (Wildman–Crippen LogP) is 9.13. The minimum Gasteiger partial charge on any atom is -0.283 e. The molecule has 2 aromatic carbocycles. The molecular weight excluding hydrogens is 405 g/mol. The average molecular weight is 450 g/mol. The summed E-state index contributed by atoms with van der Waals surface area (Å²) >= 11 is 0. The maximum atomic E-state index is 2.90. The second-order valence-electron chi connectivity index (χ2n) is 11.1. The summed E-state index contributed by atoms with van der Waals surface area (Å²) in [5, 5.41) is 0. The Kier molecular flexibility index (Phi) is 8.47. The number of hydrogen-bond acceptors (Lipinski definition) is 1. The molecule has 1 atom stereocenters. The number of hydrogen-bond donors (Lipinski definition) is 0. The lowest BCUT2D eigenvalue weighted by atomic mass is 9.99. The first-order chi connectivity index (χ1) is 15.5. The Labute approximate surface area is 198 Å². The zero-order valence-electron chi connectivity index (χ0n) is 20.7. The molecule has 2 heteroatoms. The molecule has 0 N–H and O–H groups in total. The van der Waals surface area contributed by atoms with Gasteiger partial charge in [-0.1, -0.05) is 107 Å². The van der Waals surface area contributed by atoms with Crippen LogP contribution in [0.25, 0.3) is 0 Å². The Morgan fingerprint density at radius 2 is 1.19 bits per heavy atom. The number of benzene rings is 2. The first kappa shape index (κ1) is 24.0. The first-order valence-corrected chi connectivity index (χ1v) is 14.7. The Bertz CT molecular complexity index is 767. The van der Waals surface area contributed by atoms with Gasteiger partial charge in [0.25, 0.3) is 0 Å². The van der Waals surface area contributed by atoms with E-state index in [2.05, 4.69) is 86.3 Å². The topological polar surface area (TPSA) is 3.24 Å². The highest BCUT2D eigenvalue weighted by Gasteiger charge is 2.42. The van der Waals surface area contributed by atoms with E-state index >= 15 is 0 Å². The molecule has 2 aliphatic carbocycles. The van der Waals surface area contributed by atoms with Gasteiger partial charge in [0, 0.05) is 12.1 Å². The van der Waals surface area contributed by atoms with E-state index in [1.807, 2.05) is 0 Å². The maximum Gasteiger partial charge on any atom is 0.0560 e. The normalized spacial score (nSPS) is 20.0. The Hall–Kier alpha value is -1.17. The van der Waals surface area contributed by atoms with Gasteiger partial charge in [-0.25, -0.2) is 0 Å². The van der Waals surface area contributed by atoms with Gasteiger partial charge >= 0.3 is 0 Å². The molecule has 0 heterocycles. The summed E-state index contributed by atoms with van der Waals surface area (Å²) in [7, 11) is -0.111. The van der Waals surface area contributed by atoms with Crippen molar-refractivity contribution in [1.82, 2.24) is 4.90 Å². The molecule has 4 rings (SSSR count). The quantitative estimate of drug-likeness (QED) is 0.381. The zero-order chi connectivity index (χ0) is 22.4. The molecule has 1 nitrogen and oxygen atoms in total. The molecule has 0 amide bonds. The zero-order valence-corrected chi connectivity index (χ0v) is 21.6. The summed E-state index contributed by atoms with van der Waals surface area (Å²) in [6.45, 7) is 8.38. The van der Waals surface area contributed by atoms with Crippen molar-refractivity contribution < 1.29 is 0 Å². The van der Waals surface area contributed by atoms with Gasteiger partial charge in [-0.05, 0) is 68.9 Å². The van der Waals surface area contributed by atoms with E-state index in [4.69, 9.17) is 0 Å². The van der Waals surface area contributed by atoms with Crippen molar-refractivity contribution >= 4 is 7.92 Å². The summed E-state index contributed by atoms with van der Waals surface area (Å²) in [6, 6.07) is 22.8. The van der Waals surface area contributed by atoms with Gasteiger partial charge in [0.2, 0.25) is 0 Å². The van der Waals surface area contributed by atoms with Crippen LogP contribution < -0.4 is 0 Å². The van der Waals surface area contributed by atoms with E-state index in [0.29, 0.717) is 5.78 Å². The van der Waals surface area contributed by atoms with Crippen molar-refractivity contribution in [2.45, 2.75) is 114 Å². The second kappa shape index (κ2) is 11.3. The summed E-state index contributed by atoms with van der Waals surface area (Å²) in [6.07, 6.45) is 14.6. The molecule has 2 saturated carbocycles. The molecule has 0 aliphatic heterocycles. The molecule has 0 aromatic heterocycles. The molecule has 32 heavy (non-hydrogen) atoms. The second-order valence-corrected chi connectivity index (χ2v) is 13.9. The lowest BCUT2D eigenvalue weighted by Crippen LogP contribution is -2.44. The van der Waals surface area contributed by atoms with Crippen molar-refractivity contribution in [1.29, 1.82) is 0 Å². The van der Waals surface area contributed by atoms with Gasteiger partial charge in [-0.15, -0.1) is 0 Å². The van der Waals surface area contributed by atoms with Gasteiger partial charge in [-0.2, -0.15) is 0 Å². The molecule has 0 saturated heterocycles. The molecule has 2 fully saturated rings. The van der Waals surface area contributed by atoms with Gasteiger partial charge in [-0.3, -0.25) is 4.90 Å². The highest BCUT2D eigenvalue weighted by molar-refractivity contribution is 7.59. The molecule has 1 unspecified atom stereocenters. The molecule has 174 valence electrons. The van der Waals surface area contributed by atoms with Crippen LogP contribution in [0.1, 0.15) is 102 Å². The van der Waals surface area contributed by atoms with E-state index in [-0.39, 0.29) is 13.5 Å². The van der Waals surface area contributed by atoms with Crippen molar-refractivity contribution in [3.63, 3.8) is 0 Å². The van der Waals surface area contributed by atoms with Crippen molar-refractivity contribution in [3.8, 4) is 0 Å². The van der Waals surface area contributed by atoms with E-state index in [0.717, 1.165) is 17.9 Å². The smallest absolute Gasteiger partial charge is 0.0560 e. The first-order valence-electron chi connectivity index (χ1n) is 13.2. The fraction of sp³-hybridized carbons (Fsp3) is 0.600. The Morgan fingerprint density at radius 1 is 0.719 bits per heavy atom. The molecule has 0 radical (unpaired) electrons. The number of nitrogens with zero attached hydrogens (tertiary/aromatic N) is 1. The van der Waals surface area contributed by atoms with Crippen LogP contribution >= 0.6 is 7.92 Å². The standard InChI is InChI=1S/C30H44NP/c1-30(2,3)31(24-25-16-8-4-9-17-25)29(26-18-10-5-11-19-26)32(27-20-12-6-13-21-27)28-22-14-7-15-23-28/h4-5,8-11,16-19,27-29H,6-7,12-15,20-24H2,1-3H3. The SMILES string of the molecule is CC(C)(C)N(Cc1ccccc1)C(c1ccccc1)P(C1CCCCC1)C1CCCCC1. The van der Waals surface area contributed by atoms with Crippen molar-refractivity contribution in [2.24, 2.45) is 0 Å². The predicted molar refractivity (Wildman–Crippen MR) is 142 cm³/mol. The molecular formula is C30H44NP. The van der Waals surface area contributed by atoms with Crippen molar-refractivity contribution in [2.75, 3.05) is 0 Å². The van der Waals surface area contributed by atoms with Gasteiger partial charge < -0.3 is 0 Å². The van der Waals surface area contributed by atoms with Gasteiger partial charge in [0.15, 0.2) is 0 Å². The van der Waals surface area contributed by atoms with E-state index in [1.165, 1.54) is 69.8 Å². The van der Waals surface area contributed by atoms with Crippen LogP contribution in [0.5, 0.6) is 0 Å². The van der Waals surface area contributed by atoms with Crippen LogP contribution in [0.2, 0.25) is 0 Å². The number of rotatable bonds is 7. The monoisotopic (exact) mass is 449 g/mol. The van der Waals surface area contributed by atoms with E-state index in [1.54, 1.807) is 5.56 Å². The third-order valence-corrected chi connectivity index (χ3v) is 11.6. The third kappa shape index (κ3) is 6.03. The van der Waals surface area contributed by atoms with Crippen molar-refractivity contribution in [3.05, 3.63) is 71.8 Å². The highest BCUT2D eigenvalue weighted by Crippen LogP contribution is 2.66. The molecule has 0 bridgehead atoms. The van der Waals surface area contributed by atoms with Gasteiger partial charge in [0.1, 0.15) is 0 Å². The largest absolute Gasteiger partial charge is 0.283 e. The van der Waals surface area contributed by atoms with Crippen LogP contribution in [0.15, 0.2) is 60.7 Å².